The molecule has 0 saturated heterocycles. The predicted octanol–water partition coefficient (Wildman–Crippen LogP) is 4.10. The molecule has 25 heavy (non-hydrogen) atoms. The molecule has 1 aliphatic carbocycles. The number of anilines is 1. The molecule has 1 atom stereocenters. The summed E-state index contributed by atoms with van der Waals surface area (Å²) in [7, 11) is 0. The number of aromatic nitrogens is 1. The van der Waals surface area contributed by atoms with E-state index in [0.717, 1.165) is 31.6 Å². The molecule has 0 spiro atoms. The molecule has 0 bridgehead atoms. The fourth-order valence-electron chi connectivity index (χ4n) is 3.34. The molecule has 1 aromatic carbocycles. The van der Waals surface area contributed by atoms with E-state index in [2.05, 4.69) is 22.4 Å². The van der Waals surface area contributed by atoms with E-state index in [1.165, 1.54) is 23.4 Å². The third kappa shape index (κ3) is 4.29. The number of carbonyl (C=O) groups is 1. The Balaban J connectivity index is 1.71. The summed E-state index contributed by atoms with van der Waals surface area (Å²) in [5.41, 5.74) is 2.95. The summed E-state index contributed by atoms with van der Waals surface area (Å²) in [5, 5.41) is 12.4. The summed E-state index contributed by atoms with van der Waals surface area (Å²) in [6.07, 6.45) is 5.03. The normalized spacial score (nSPS) is 16.4. The molecule has 1 aliphatic rings. The fraction of sp³-hybridized carbons (Fsp3) is 0.400. The summed E-state index contributed by atoms with van der Waals surface area (Å²) in [6, 6.07) is 9.44. The number of nitrogens with zero attached hydrogens (tertiary/aromatic N) is 1. The molecule has 1 heterocycles. The highest BCUT2D eigenvalue weighted by molar-refractivity contribution is 5.88. The fourth-order valence-corrected chi connectivity index (χ4v) is 3.34. The minimum atomic E-state index is -0.939. The number of ether oxygens (including phenoxy) is 1. The van der Waals surface area contributed by atoms with Crippen LogP contribution in [0.1, 0.15) is 54.1 Å². The maximum atomic E-state index is 11.1. The first-order chi connectivity index (χ1) is 12.0. The van der Waals surface area contributed by atoms with Gasteiger partial charge in [-0.1, -0.05) is 6.07 Å². The Morgan fingerprint density at radius 3 is 2.96 bits per heavy atom. The zero-order valence-electron chi connectivity index (χ0n) is 14.7. The average molecular weight is 340 g/mol. The van der Waals surface area contributed by atoms with Crippen LogP contribution in [0, 0.1) is 0 Å². The lowest BCUT2D eigenvalue weighted by atomic mass is 9.82. The van der Waals surface area contributed by atoms with Gasteiger partial charge in [-0.2, -0.15) is 0 Å². The molecule has 1 aromatic heterocycles. The standard InChI is InChI=1S/C20H24N2O3/c1-13(2)25-17-6-7-18-14(10-17)4-3-5-16(18)12-22-19-11-15(20(23)24)8-9-21-19/h6-11,13,16H,3-5,12H2,1-2H3,(H,21,22)(H,23,24). The van der Waals surface area contributed by atoms with Gasteiger partial charge in [0.25, 0.3) is 0 Å². The molecule has 2 aromatic rings. The lowest BCUT2D eigenvalue weighted by Crippen LogP contribution is -2.19. The number of carboxylic acids is 1. The maximum Gasteiger partial charge on any atom is 0.335 e. The molecule has 0 radical (unpaired) electrons. The molecule has 0 aliphatic heterocycles. The number of aryl methyl sites for hydroxylation is 1. The van der Waals surface area contributed by atoms with E-state index in [1.54, 1.807) is 6.07 Å². The van der Waals surface area contributed by atoms with Crippen LogP contribution in [0.4, 0.5) is 5.82 Å². The van der Waals surface area contributed by atoms with E-state index in [9.17, 15) is 4.79 Å². The zero-order valence-corrected chi connectivity index (χ0v) is 14.7. The molecule has 2 N–H and O–H groups in total. The monoisotopic (exact) mass is 340 g/mol. The molecule has 0 saturated carbocycles. The van der Waals surface area contributed by atoms with E-state index in [0.29, 0.717) is 11.7 Å². The highest BCUT2D eigenvalue weighted by atomic mass is 16.5. The first kappa shape index (κ1) is 17.3. The molecule has 5 nitrogen and oxygen atoms in total. The van der Waals surface area contributed by atoms with E-state index < -0.39 is 5.97 Å². The first-order valence-electron chi connectivity index (χ1n) is 8.75. The molecule has 1 unspecified atom stereocenters. The Bertz CT molecular complexity index is 758. The van der Waals surface area contributed by atoms with Gasteiger partial charge in [-0.3, -0.25) is 0 Å². The van der Waals surface area contributed by atoms with Gasteiger partial charge >= 0.3 is 5.97 Å². The van der Waals surface area contributed by atoms with Crippen LogP contribution in [0.15, 0.2) is 36.5 Å². The van der Waals surface area contributed by atoms with E-state index in [4.69, 9.17) is 9.84 Å². The first-order valence-corrected chi connectivity index (χ1v) is 8.75. The van der Waals surface area contributed by atoms with Gasteiger partial charge in [-0.05, 0) is 68.5 Å². The van der Waals surface area contributed by atoms with Gasteiger partial charge in [0.05, 0.1) is 11.7 Å². The summed E-state index contributed by atoms with van der Waals surface area (Å²) in [4.78, 5) is 15.3. The van der Waals surface area contributed by atoms with Crippen molar-refractivity contribution in [2.24, 2.45) is 0 Å². The Morgan fingerprint density at radius 1 is 1.36 bits per heavy atom. The predicted molar refractivity (Wildman–Crippen MR) is 97.6 cm³/mol. The van der Waals surface area contributed by atoms with E-state index in [-0.39, 0.29) is 11.7 Å². The van der Waals surface area contributed by atoms with E-state index in [1.807, 2.05) is 19.9 Å². The summed E-state index contributed by atoms with van der Waals surface area (Å²) < 4.78 is 5.80. The van der Waals surface area contributed by atoms with Gasteiger partial charge in [0, 0.05) is 18.7 Å². The third-order valence-corrected chi connectivity index (χ3v) is 4.46. The number of benzene rings is 1. The van der Waals surface area contributed by atoms with Crippen molar-refractivity contribution >= 4 is 11.8 Å². The number of pyridine rings is 1. The maximum absolute atomic E-state index is 11.1. The zero-order chi connectivity index (χ0) is 17.8. The lowest BCUT2D eigenvalue weighted by Gasteiger charge is -2.26. The van der Waals surface area contributed by atoms with Crippen molar-refractivity contribution in [1.29, 1.82) is 0 Å². The molecular weight excluding hydrogens is 316 g/mol. The van der Waals surface area contributed by atoms with Gasteiger partial charge in [0.2, 0.25) is 0 Å². The quantitative estimate of drug-likeness (QED) is 0.828. The molecule has 0 amide bonds. The lowest BCUT2D eigenvalue weighted by molar-refractivity contribution is 0.0697. The Hall–Kier alpha value is -2.56. The minimum absolute atomic E-state index is 0.173. The second kappa shape index (κ2) is 7.55. The van der Waals surface area contributed by atoms with Crippen LogP contribution in [-0.2, 0) is 6.42 Å². The number of nitrogens with one attached hydrogen (secondary N) is 1. The van der Waals surface area contributed by atoms with Crippen molar-refractivity contribution in [2.45, 2.75) is 45.1 Å². The molecule has 0 fully saturated rings. The third-order valence-electron chi connectivity index (χ3n) is 4.46. The summed E-state index contributed by atoms with van der Waals surface area (Å²) >= 11 is 0. The van der Waals surface area contributed by atoms with Crippen molar-refractivity contribution in [3.63, 3.8) is 0 Å². The number of aromatic carboxylic acids is 1. The minimum Gasteiger partial charge on any atom is -0.491 e. The van der Waals surface area contributed by atoms with Crippen molar-refractivity contribution in [1.82, 2.24) is 4.98 Å². The van der Waals surface area contributed by atoms with Crippen LogP contribution < -0.4 is 10.1 Å². The van der Waals surface area contributed by atoms with Crippen molar-refractivity contribution in [2.75, 3.05) is 11.9 Å². The van der Waals surface area contributed by atoms with Crippen LogP contribution >= 0.6 is 0 Å². The summed E-state index contributed by atoms with van der Waals surface area (Å²) in [5.74, 6) is 0.989. The molecule has 3 rings (SSSR count). The smallest absolute Gasteiger partial charge is 0.335 e. The van der Waals surface area contributed by atoms with Gasteiger partial charge in [0.15, 0.2) is 0 Å². The largest absolute Gasteiger partial charge is 0.491 e. The average Bonchev–Trinajstić information content (AvgIpc) is 2.59. The number of rotatable bonds is 6. The number of hydrogen-bond acceptors (Lipinski definition) is 4. The molecular formula is C20H24N2O3. The second-order valence-corrected chi connectivity index (χ2v) is 6.73. The Labute approximate surface area is 148 Å². The van der Waals surface area contributed by atoms with E-state index >= 15 is 0 Å². The van der Waals surface area contributed by atoms with Crippen molar-refractivity contribution in [3.8, 4) is 5.75 Å². The summed E-state index contributed by atoms with van der Waals surface area (Å²) in [6.45, 7) is 4.81. The van der Waals surface area contributed by atoms with Gasteiger partial charge in [-0.25, -0.2) is 9.78 Å². The van der Waals surface area contributed by atoms with Crippen LogP contribution in [0.25, 0.3) is 0 Å². The number of fused-ring (bicyclic) bond motifs is 1. The number of hydrogen-bond donors (Lipinski definition) is 2. The van der Waals surface area contributed by atoms with Gasteiger partial charge in [-0.15, -0.1) is 0 Å². The van der Waals surface area contributed by atoms with Gasteiger partial charge in [0.1, 0.15) is 11.6 Å². The SMILES string of the molecule is CC(C)Oc1ccc2c(c1)CCCC2CNc1cc(C(=O)O)ccn1. The Morgan fingerprint density at radius 2 is 2.20 bits per heavy atom. The molecule has 132 valence electrons. The topological polar surface area (TPSA) is 71.5 Å². The van der Waals surface area contributed by atoms with Crippen molar-refractivity contribution in [3.05, 3.63) is 53.2 Å². The Kier molecular flexibility index (Phi) is 5.22. The molecule has 5 heteroatoms. The highest BCUT2D eigenvalue weighted by Gasteiger charge is 2.21. The van der Waals surface area contributed by atoms with Crippen LogP contribution in [0.5, 0.6) is 5.75 Å². The highest BCUT2D eigenvalue weighted by Crippen LogP contribution is 2.34. The van der Waals surface area contributed by atoms with Crippen LogP contribution in [0.3, 0.4) is 0 Å². The van der Waals surface area contributed by atoms with Gasteiger partial charge < -0.3 is 15.2 Å². The van der Waals surface area contributed by atoms with Crippen LogP contribution in [0.2, 0.25) is 0 Å². The van der Waals surface area contributed by atoms with Crippen molar-refractivity contribution < 1.29 is 14.6 Å². The van der Waals surface area contributed by atoms with Crippen LogP contribution in [-0.4, -0.2) is 28.7 Å². The number of carboxylic acid groups (broad SMARTS) is 1. The second-order valence-electron chi connectivity index (χ2n) is 6.73.